The Morgan fingerprint density at radius 2 is 2.05 bits per heavy atom. The zero-order chi connectivity index (χ0) is 14.5. The number of methoxy groups -OCH3 is 1. The molecule has 1 heterocycles. The predicted molar refractivity (Wildman–Crippen MR) is 78.8 cm³/mol. The minimum atomic E-state index is -0.266. The van der Waals surface area contributed by atoms with E-state index in [9.17, 15) is 0 Å². The summed E-state index contributed by atoms with van der Waals surface area (Å²) in [6, 6.07) is 5.07. The van der Waals surface area contributed by atoms with Crippen molar-refractivity contribution in [3.05, 3.63) is 51.9 Å². The molecule has 0 saturated carbocycles. The van der Waals surface area contributed by atoms with Crippen LogP contribution in [0.1, 0.15) is 17.3 Å². The summed E-state index contributed by atoms with van der Waals surface area (Å²) >= 11 is 12.1. The van der Waals surface area contributed by atoms with E-state index in [0.29, 0.717) is 28.0 Å². The molecule has 1 aromatic carbocycles. The van der Waals surface area contributed by atoms with E-state index in [2.05, 4.69) is 15.4 Å². The fraction of sp³-hybridized carbons (Fsp3) is 0.231. The van der Waals surface area contributed by atoms with E-state index in [1.807, 2.05) is 6.07 Å². The Labute approximate surface area is 127 Å². The van der Waals surface area contributed by atoms with Crippen LogP contribution in [0, 0.1) is 0 Å². The van der Waals surface area contributed by atoms with Crippen molar-refractivity contribution in [3.8, 4) is 5.88 Å². The van der Waals surface area contributed by atoms with Gasteiger partial charge in [-0.15, -0.1) is 0 Å². The molecular weight excluding hydrogens is 299 g/mol. The van der Waals surface area contributed by atoms with Gasteiger partial charge in [-0.05, 0) is 24.1 Å². The van der Waals surface area contributed by atoms with Crippen LogP contribution in [0.25, 0.3) is 0 Å². The van der Waals surface area contributed by atoms with Crippen LogP contribution in [-0.2, 0) is 6.42 Å². The average Bonchev–Trinajstić information content (AvgIpc) is 2.46. The van der Waals surface area contributed by atoms with Crippen molar-refractivity contribution in [2.75, 3.05) is 7.11 Å². The lowest BCUT2D eigenvalue weighted by molar-refractivity contribution is 0.377. The summed E-state index contributed by atoms with van der Waals surface area (Å²) < 4.78 is 5.19. The van der Waals surface area contributed by atoms with Gasteiger partial charge in [0.15, 0.2) is 0 Å². The maximum absolute atomic E-state index is 6.17. The number of benzene rings is 1. The number of hydrogen-bond donors (Lipinski definition) is 2. The first-order valence-electron chi connectivity index (χ1n) is 5.90. The third-order valence-corrected chi connectivity index (χ3v) is 3.44. The lowest BCUT2D eigenvalue weighted by Crippen LogP contribution is -2.30. The van der Waals surface area contributed by atoms with E-state index in [0.717, 1.165) is 5.56 Å². The molecule has 0 aliphatic rings. The van der Waals surface area contributed by atoms with Crippen LogP contribution < -0.4 is 16.0 Å². The summed E-state index contributed by atoms with van der Waals surface area (Å²) in [6.07, 6.45) is 3.69. The first kappa shape index (κ1) is 15.0. The maximum Gasteiger partial charge on any atom is 0.237 e. The maximum atomic E-state index is 6.17. The van der Waals surface area contributed by atoms with Crippen LogP contribution in [0.15, 0.2) is 30.6 Å². The molecule has 0 spiro atoms. The molecule has 5 nitrogen and oxygen atoms in total. The van der Waals surface area contributed by atoms with Crippen LogP contribution >= 0.6 is 23.2 Å². The number of aromatic nitrogens is 2. The van der Waals surface area contributed by atoms with Crippen LogP contribution in [0.3, 0.4) is 0 Å². The van der Waals surface area contributed by atoms with Crippen molar-refractivity contribution >= 4 is 23.2 Å². The Bertz CT molecular complexity index is 594. The standard InChI is InChI=1S/C13H14Cl2N4O/c1-20-13-12(17-4-5-18-13)11(19-16)6-8-2-3-9(14)7-10(8)15/h2-5,7,11,19H,6,16H2,1H3. The van der Waals surface area contributed by atoms with Crippen molar-refractivity contribution in [3.63, 3.8) is 0 Å². The fourth-order valence-corrected chi connectivity index (χ4v) is 2.36. The van der Waals surface area contributed by atoms with E-state index in [-0.39, 0.29) is 6.04 Å². The third-order valence-electron chi connectivity index (χ3n) is 2.85. The van der Waals surface area contributed by atoms with Gasteiger partial charge in [-0.3, -0.25) is 16.3 Å². The van der Waals surface area contributed by atoms with Gasteiger partial charge < -0.3 is 4.74 Å². The minimum Gasteiger partial charge on any atom is -0.480 e. The van der Waals surface area contributed by atoms with E-state index in [1.54, 1.807) is 24.5 Å². The molecule has 3 N–H and O–H groups in total. The summed E-state index contributed by atoms with van der Waals surface area (Å²) in [5, 5.41) is 1.17. The largest absolute Gasteiger partial charge is 0.480 e. The first-order valence-corrected chi connectivity index (χ1v) is 6.66. The number of ether oxygens (including phenoxy) is 1. The highest BCUT2D eigenvalue weighted by atomic mass is 35.5. The second-order valence-corrected chi connectivity index (χ2v) is 4.95. The van der Waals surface area contributed by atoms with Gasteiger partial charge in [-0.1, -0.05) is 29.3 Å². The zero-order valence-electron chi connectivity index (χ0n) is 10.8. The quantitative estimate of drug-likeness (QED) is 0.655. The Kier molecular flexibility index (Phi) is 5.14. The Morgan fingerprint density at radius 3 is 2.70 bits per heavy atom. The lowest BCUT2D eigenvalue weighted by Gasteiger charge is -2.17. The minimum absolute atomic E-state index is 0.266. The van der Waals surface area contributed by atoms with E-state index < -0.39 is 0 Å². The van der Waals surface area contributed by atoms with Gasteiger partial charge in [-0.25, -0.2) is 4.98 Å². The number of nitrogens with two attached hydrogens (primary N) is 1. The van der Waals surface area contributed by atoms with Gasteiger partial charge in [0.25, 0.3) is 0 Å². The average molecular weight is 313 g/mol. The second kappa shape index (κ2) is 6.85. The molecule has 0 amide bonds. The predicted octanol–water partition coefficient (Wildman–Crippen LogP) is 2.54. The van der Waals surface area contributed by atoms with Crippen LogP contribution in [0.4, 0.5) is 0 Å². The summed E-state index contributed by atoms with van der Waals surface area (Å²) in [4.78, 5) is 8.37. The molecule has 1 aromatic heterocycles. The molecule has 0 saturated heterocycles. The molecule has 2 aromatic rings. The van der Waals surface area contributed by atoms with Gasteiger partial charge >= 0.3 is 0 Å². The smallest absolute Gasteiger partial charge is 0.237 e. The SMILES string of the molecule is COc1nccnc1C(Cc1ccc(Cl)cc1Cl)NN. The highest BCUT2D eigenvalue weighted by Gasteiger charge is 2.19. The van der Waals surface area contributed by atoms with Gasteiger partial charge in [0.05, 0.1) is 13.2 Å². The van der Waals surface area contributed by atoms with E-state index >= 15 is 0 Å². The summed E-state index contributed by atoms with van der Waals surface area (Å²) in [6.45, 7) is 0. The molecule has 0 bridgehead atoms. The summed E-state index contributed by atoms with van der Waals surface area (Å²) in [5.74, 6) is 6.04. The van der Waals surface area contributed by atoms with Gasteiger partial charge in [-0.2, -0.15) is 0 Å². The molecule has 0 aliphatic carbocycles. The van der Waals surface area contributed by atoms with Gasteiger partial charge in [0, 0.05) is 22.4 Å². The van der Waals surface area contributed by atoms with Crippen molar-refractivity contribution in [1.29, 1.82) is 0 Å². The zero-order valence-corrected chi connectivity index (χ0v) is 12.3. The second-order valence-electron chi connectivity index (χ2n) is 4.11. The molecule has 0 aliphatic heterocycles. The number of nitrogens with zero attached hydrogens (tertiary/aromatic N) is 2. The molecule has 0 radical (unpaired) electrons. The highest BCUT2D eigenvalue weighted by Crippen LogP contribution is 2.27. The summed E-state index contributed by atoms with van der Waals surface area (Å²) in [7, 11) is 1.54. The highest BCUT2D eigenvalue weighted by molar-refractivity contribution is 6.35. The topological polar surface area (TPSA) is 73.1 Å². The van der Waals surface area contributed by atoms with Crippen molar-refractivity contribution < 1.29 is 4.74 Å². The monoisotopic (exact) mass is 312 g/mol. The van der Waals surface area contributed by atoms with Crippen molar-refractivity contribution in [2.45, 2.75) is 12.5 Å². The molecular formula is C13H14Cl2N4O. The molecule has 106 valence electrons. The van der Waals surface area contributed by atoms with Gasteiger partial charge in [0.2, 0.25) is 5.88 Å². The van der Waals surface area contributed by atoms with Crippen LogP contribution in [0.5, 0.6) is 5.88 Å². The Balaban J connectivity index is 2.29. The lowest BCUT2D eigenvalue weighted by atomic mass is 10.0. The third kappa shape index (κ3) is 3.37. The number of nitrogens with one attached hydrogen (secondary N) is 1. The molecule has 1 unspecified atom stereocenters. The number of hydrazine groups is 1. The number of rotatable bonds is 5. The number of hydrogen-bond acceptors (Lipinski definition) is 5. The first-order chi connectivity index (χ1) is 9.65. The van der Waals surface area contributed by atoms with Gasteiger partial charge in [0.1, 0.15) is 5.69 Å². The van der Waals surface area contributed by atoms with Crippen LogP contribution in [-0.4, -0.2) is 17.1 Å². The molecule has 2 rings (SSSR count). The van der Waals surface area contributed by atoms with Crippen molar-refractivity contribution in [1.82, 2.24) is 15.4 Å². The Hall–Kier alpha value is -1.40. The molecule has 20 heavy (non-hydrogen) atoms. The van der Waals surface area contributed by atoms with Crippen molar-refractivity contribution in [2.24, 2.45) is 5.84 Å². The van der Waals surface area contributed by atoms with E-state index in [1.165, 1.54) is 7.11 Å². The number of halogens is 2. The molecule has 1 atom stereocenters. The normalized spacial score (nSPS) is 12.2. The van der Waals surface area contributed by atoms with E-state index in [4.69, 9.17) is 33.8 Å². The fourth-order valence-electron chi connectivity index (χ4n) is 1.87. The van der Waals surface area contributed by atoms with Crippen LogP contribution in [0.2, 0.25) is 10.0 Å². The molecule has 0 fully saturated rings. The summed E-state index contributed by atoms with van der Waals surface area (Å²) in [5.41, 5.74) is 4.25. The Morgan fingerprint density at radius 1 is 1.30 bits per heavy atom. The molecule has 7 heteroatoms.